The Labute approximate surface area is 311 Å². The second-order valence-corrected chi connectivity index (χ2v) is 14.9. The highest BCUT2D eigenvalue weighted by Crippen LogP contribution is 2.15. The molecule has 0 aliphatic heterocycles. The van der Waals surface area contributed by atoms with Gasteiger partial charge in [-0.1, -0.05) is 204 Å². The number of hydrogen-bond acceptors (Lipinski definition) is 4. The molecule has 0 aliphatic carbocycles. The number of unbranched alkanes of at least 4 members (excludes halogenated alkanes) is 26. The molecule has 0 fully saturated rings. The zero-order valence-corrected chi connectivity index (χ0v) is 33.3. The summed E-state index contributed by atoms with van der Waals surface area (Å²) in [5.74, 6) is -0.328. The van der Waals surface area contributed by atoms with Gasteiger partial charge in [0, 0.05) is 0 Å². The molecule has 3 atom stereocenters. The van der Waals surface area contributed by atoms with E-state index in [0.717, 1.165) is 38.5 Å². The van der Waals surface area contributed by atoms with Crippen LogP contribution in [0.2, 0.25) is 0 Å². The summed E-state index contributed by atoms with van der Waals surface area (Å²) in [5, 5.41) is 33.2. The lowest BCUT2D eigenvalue weighted by molar-refractivity contribution is -0.124. The zero-order valence-electron chi connectivity index (χ0n) is 33.3. The molecule has 0 radical (unpaired) electrons. The van der Waals surface area contributed by atoms with Crippen molar-refractivity contribution in [1.82, 2.24) is 5.32 Å². The van der Waals surface area contributed by atoms with Crippen molar-refractivity contribution in [3.05, 3.63) is 36.5 Å². The van der Waals surface area contributed by atoms with Crippen LogP contribution < -0.4 is 5.32 Å². The van der Waals surface area contributed by atoms with Gasteiger partial charge in [0.2, 0.25) is 5.91 Å². The largest absolute Gasteiger partial charge is 0.394 e. The summed E-state index contributed by atoms with van der Waals surface area (Å²) in [4.78, 5) is 12.4. The molecular formula is C45H85NO4. The molecule has 0 spiro atoms. The van der Waals surface area contributed by atoms with Crippen LogP contribution in [0.4, 0.5) is 0 Å². The van der Waals surface area contributed by atoms with E-state index in [2.05, 4.69) is 43.5 Å². The highest BCUT2D eigenvalue weighted by molar-refractivity contribution is 5.76. The topological polar surface area (TPSA) is 89.8 Å². The minimum Gasteiger partial charge on any atom is -0.394 e. The van der Waals surface area contributed by atoms with Crippen LogP contribution in [-0.4, -0.2) is 46.1 Å². The first kappa shape index (κ1) is 48.6. The monoisotopic (exact) mass is 704 g/mol. The third-order valence-electron chi connectivity index (χ3n) is 9.91. The number of hydrogen-bond donors (Lipinski definition) is 4. The van der Waals surface area contributed by atoms with Crippen molar-refractivity contribution >= 4 is 5.91 Å². The first-order chi connectivity index (χ1) is 24.5. The average molecular weight is 704 g/mol. The summed E-state index contributed by atoms with van der Waals surface area (Å²) in [5.41, 5.74) is 0. The third-order valence-corrected chi connectivity index (χ3v) is 9.91. The van der Waals surface area contributed by atoms with Crippen molar-refractivity contribution in [3.8, 4) is 0 Å². The second-order valence-electron chi connectivity index (χ2n) is 14.9. The lowest BCUT2D eigenvalue weighted by Gasteiger charge is -2.21. The Balaban J connectivity index is 3.74. The SMILES string of the molecule is CCCCCCCCCCCC/C=C/CC/C=C/CC/C=C/C(O)C(CO)NC(=O)CC(O)CCCCCCCCCCCCCCCCC. The van der Waals surface area contributed by atoms with Crippen molar-refractivity contribution in [2.24, 2.45) is 0 Å². The number of carbonyl (C=O) groups is 1. The van der Waals surface area contributed by atoms with Gasteiger partial charge in [0.15, 0.2) is 0 Å². The first-order valence-corrected chi connectivity index (χ1v) is 21.8. The molecule has 0 aromatic rings. The van der Waals surface area contributed by atoms with E-state index in [-0.39, 0.29) is 18.9 Å². The van der Waals surface area contributed by atoms with E-state index < -0.39 is 18.2 Å². The van der Waals surface area contributed by atoms with Crippen LogP contribution in [0.3, 0.4) is 0 Å². The summed E-state index contributed by atoms with van der Waals surface area (Å²) >= 11 is 0. The number of rotatable bonds is 39. The summed E-state index contributed by atoms with van der Waals surface area (Å²) in [6.45, 7) is 4.20. The van der Waals surface area contributed by atoms with E-state index in [4.69, 9.17) is 0 Å². The van der Waals surface area contributed by atoms with Gasteiger partial charge in [-0.25, -0.2) is 0 Å². The Morgan fingerprint density at radius 2 is 0.860 bits per heavy atom. The van der Waals surface area contributed by atoms with Crippen LogP contribution in [0.5, 0.6) is 0 Å². The van der Waals surface area contributed by atoms with Crippen LogP contribution in [0.25, 0.3) is 0 Å². The lowest BCUT2D eigenvalue weighted by atomic mass is 10.0. The fourth-order valence-electron chi connectivity index (χ4n) is 6.55. The Bertz CT molecular complexity index is 779. The molecule has 0 rings (SSSR count). The number of nitrogens with one attached hydrogen (secondary N) is 1. The van der Waals surface area contributed by atoms with Gasteiger partial charge in [-0.15, -0.1) is 0 Å². The third kappa shape index (κ3) is 36.4. The summed E-state index contributed by atoms with van der Waals surface area (Å²) in [6.07, 6.45) is 50.0. The van der Waals surface area contributed by atoms with Crippen LogP contribution in [-0.2, 0) is 4.79 Å². The molecule has 0 aromatic heterocycles. The summed E-state index contributed by atoms with van der Waals surface area (Å²) in [6, 6.07) is -0.764. The van der Waals surface area contributed by atoms with Crippen LogP contribution >= 0.6 is 0 Å². The van der Waals surface area contributed by atoms with E-state index in [1.165, 1.54) is 154 Å². The fourth-order valence-corrected chi connectivity index (χ4v) is 6.55. The molecule has 294 valence electrons. The zero-order chi connectivity index (χ0) is 36.6. The van der Waals surface area contributed by atoms with Crippen molar-refractivity contribution < 1.29 is 20.1 Å². The highest BCUT2D eigenvalue weighted by atomic mass is 16.3. The second kappa shape index (κ2) is 40.3. The Morgan fingerprint density at radius 1 is 0.500 bits per heavy atom. The number of allylic oxidation sites excluding steroid dienone is 5. The molecule has 0 saturated carbocycles. The van der Waals surface area contributed by atoms with E-state index in [9.17, 15) is 20.1 Å². The molecule has 0 aromatic carbocycles. The van der Waals surface area contributed by atoms with Gasteiger partial charge in [0.1, 0.15) is 0 Å². The van der Waals surface area contributed by atoms with Crippen molar-refractivity contribution in [2.75, 3.05) is 6.61 Å². The van der Waals surface area contributed by atoms with Gasteiger partial charge < -0.3 is 20.6 Å². The molecule has 5 nitrogen and oxygen atoms in total. The molecule has 0 saturated heterocycles. The Hall–Kier alpha value is -1.43. The molecule has 1 amide bonds. The van der Waals surface area contributed by atoms with Gasteiger partial charge in [0.05, 0.1) is 31.3 Å². The maximum atomic E-state index is 12.4. The highest BCUT2D eigenvalue weighted by Gasteiger charge is 2.20. The van der Waals surface area contributed by atoms with Crippen molar-refractivity contribution in [1.29, 1.82) is 0 Å². The molecule has 0 heterocycles. The van der Waals surface area contributed by atoms with E-state index in [1.54, 1.807) is 6.08 Å². The number of carbonyl (C=O) groups excluding carboxylic acids is 1. The molecule has 0 bridgehead atoms. The minimum atomic E-state index is -0.957. The van der Waals surface area contributed by atoms with Crippen LogP contribution in [0.15, 0.2) is 36.5 Å². The number of aliphatic hydroxyl groups is 3. The first-order valence-electron chi connectivity index (χ1n) is 21.8. The van der Waals surface area contributed by atoms with Crippen LogP contribution in [0.1, 0.15) is 219 Å². The van der Waals surface area contributed by atoms with E-state index in [1.807, 2.05) is 6.08 Å². The van der Waals surface area contributed by atoms with Gasteiger partial charge in [0.25, 0.3) is 0 Å². The minimum absolute atomic E-state index is 0.00479. The number of aliphatic hydroxyl groups excluding tert-OH is 3. The van der Waals surface area contributed by atoms with E-state index >= 15 is 0 Å². The summed E-state index contributed by atoms with van der Waals surface area (Å²) in [7, 11) is 0. The van der Waals surface area contributed by atoms with Crippen LogP contribution in [0, 0.1) is 0 Å². The molecule has 0 aliphatic rings. The van der Waals surface area contributed by atoms with Gasteiger partial charge in [-0.2, -0.15) is 0 Å². The number of amides is 1. The normalized spacial score (nSPS) is 13.9. The van der Waals surface area contributed by atoms with Gasteiger partial charge in [-0.3, -0.25) is 4.79 Å². The standard InChI is InChI=1S/C45H85NO4/c1-3-5-7-9-11-13-15-17-19-20-21-22-23-25-27-29-31-33-35-37-39-44(49)43(41-47)46-45(50)40-42(48)38-36-34-32-30-28-26-24-18-16-14-12-10-8-6-4-2/h22-23,29,31,37,39,42-44,47-49H,3-21,24-28,30,32-36,38,40-41H2,1-2H3,(H,46,50)/b23-22+,31-29+,39-37+. The molecule has 4 N–H and O–H groups in total. The van der Waals surface area contributed by atoms with E-state index in [0.29, 0.717) is 6.42 Å². The average Bonchev–Trinajstić information content (AvgIpc) is 3.11. The predicted octanol–water partition coefficient (Wildman–Crippen LogP) is 12.4. The quantitative estimate of drug-likeness (QED) is 0.0379. The Morgan fingerprint density at radius 3 is 1.28 bits per heavy atom. The maximum absolute atomic E-state index is 12.4. The fraction of sp³-hybridized carbons (Fsp3) is 0.844. The predicted molar refractivity (Wildman–Crippen MR) is 218 cm³/mol. The van der Waals surface area contributed by atoms with Crippen molar-refractivity contribution in [3.63, 3.8) is 0 Å². The molecule has 50 heavy (non-hydrogen) atoms. The smallest absolute Gasteiger partial charge is 0.222 e. The maximum Gasteiger partial charge on any atom is 0.222 e. The molecule has 5 heteroatoms. The molecular weight excluding hydrogens is 618 g/mol. The summed E-state index contributed by atoms with van der Waals surface area (Å²) < 4.78 is 0. The lowest BCUT2D eigenvalue weighted by Crippen LogP contribution is -2.45. The Kier molecular flexibility index (Phi) is 39.2. The van der Waals surface area contributed by atoms with Gasteiger partial charge in [-0.05, 0) is 44.9 Å². The van der Waals surface area contributed by atoms with Crippen molar-refractivity contribution in [2.45, 2.75) is 238 Å². The molecule has 3 unspecified atom stereocenters. The van der Waals surface area contributed by atoms with Gasteiger partial charge >= 0.3 is 0 Å².